The highest BCUT2D eigenvalue weighted by atomic mass is 32.2. The lowest BCUT2D eigenvalue weighted by Gasteiger charge is -2.05. The molecule has 5 nitrogen and oxygen atoms in total. The number of fused-ring (bicyclic) bond motifs is 1. The number of nitrogens with zero attached hydrogens (tertiary/aromatic N) is 4. The maximum absolute atomic E-state index is 12.4. The first kappa shape index (κ1) is 18.6. The quantitative estimate of drug-likeness (QED) is 0.453. The van der Waals surface area contributed by atoms with Gasteiger partial charge in [-0.3, -0.25) is 9.78 Å². The average molecular weight is 407 g/mol. The van der Waals surface area contributed by atoms with Gasteiger partial charge in [0, 0.05) is 24.2 Å². The number of aryl methyl sites for hydroxylation is 2. The molecule has 0 N–H and O–H groups in total. The highest BCUT2D eigenvalue weighted by Crippen LogP contribution is 2.28. The van der Waals surface area contributed by atoms with Gasteiger partial charge in [0.1, 0.15) is 0 Å². The van der Waals surface area contributed by atoms with Crippen LogP contribution in [-0.4, -0.2) is 19.6 Å². The molecule has 28 heavy (non-hydrogen) atoms. The minimum Gasteiger partial charge on any atom is -0.267 e. The van der Waals surface area contributed by atoms with E-state index < -0.39 is 0 Å². The molecular formula is C21H18N4OS2. The van der Waals surface area contributed by atoms with Crippen molar-refractivity contribution in [3.63, 3.8) is 0 Å². The van der Waals surface area contributed by atoms with E-state index >= 15 is 0 Å². The lowest BCUT2D eigenvalue weighted by Crippen LogP contribution is -2.14. The van der Waals surface area contributed by atoms with Gasteiger partial charge in [0.2, 0.25) is 4.96 Å². The van der Waals surface area contributed by atoms with Crippen LogP contribution in [0.25, 0.3) is 17.1 Å². The van der Waals surface area contributed by atoms with Crippen molar-refractivity contribution in [2.75, 3.05) is 0 Å². The number of rotatable bonds is 5. The summed E-state index contributed by atoms with van der Waals surface area (Å²) in [6, 6.07) is 11.8. The highest BCUT2D eigenvalue weighted by molar-refractivity contribution is 8.00. The van der Waals surface area contributed by atoms with Gasteiger partial charge in [-0.15, -0.1) is 5.10 Å². The fraction of sp³-hybridized carbons (Fsp3) is 0.143. The molecule has 1 aromatic carbocycles. The SMILES string of the molecule is Cc1ccc(C)c(CSc2nn3c(=O)cc(C=Cc4cccnc4)nc3s2)c1. The zero-order chi connectivity index (χ0) is 19.5. The minimum atomic E-state index is -0.175. The van der Waals surface area contributed by atoms with Crippen LogP contribution in [0.5, 0.6) is 0 Å². The Morgan fingerprint density at radius 1 is 1.18 bits per heavy atom. The van der Waals surface area contributed by atoms with Gasteiger partial charge in [-0.25, -0.2) is 4.98 Å². The van der Waals surface area contributed by atoms with Gasteiger partial charge in [-0.2, -0.15) is 4.52 Å². The molecule has 0 fully saturated rings. The molecule has 0 spiro atoms. The van der Waals surface area contributed by atoms with Crippen molar-refractivity contribution in [2.24, 2.45) is 0 Å². The van der Waals surface area contributed by atoms with Crippen LogP contribution in [0.1, 0.15) is 27.9 Å². The smallest absolute Gasteiger partial charge is 0.267 e. The number of hydrogen-bond acceptors (Lipinski definition) is 6. The maximum atomic E-state index is 12.4. The van der Waals surface area contributed by atoms with E-state index in [4.69, 9.17) is 0 Å². The molecule has 3 aromatic heterocycles. The molecule has 0 saturated carbocycles. The van der Waals surface area contributed by atoms with E-state index in [9.17, 15) is 4.79 Å². The van der Waals surface area contributed by atoms with Crippen LogP contribution in [0, 0.1) is 13.8 Å². The number of hydrogen-bond donors (Lipinski definition) is 0. The Morgan fingerprint density at radius 2 is 2.07 bits per heavy atom. The predicted octanol–water partition coefficient (Wildman–Crippen LogP) is 4.63. The van der Waals surface area contributed by atoms with Crippen molar-refractivity contribution in [3.8, 4) is 0 Å². The van der Waals surface area contributed by atoms with Crippen molar-refractivity contribution in [1.82, 2.24) is 19.6 Å². The van der Waals surface area contributed by atoms with E-state index in [1.54, 1.807) is 24.2 Å². The average Bonchev–Trinajstić information content (AvgIpc) is 3.11. The lowest BCUT2D eigenvalue weighted by molar-refractivity contribution is 0.855. The molecule has 0 saturated heterocycles. The third-order valence-corrected chi connectivity index (χ3v) is 6.32. The van der Waals surface area contributed by atoms with Gasteiger partial charge in [-0.1, -0.05) is 59.0 Å². The zero-order valence-electron chi connectivity index (χ0n) is 15.5. The minimum absolute atomic E-state index is 0.175. The monoisotopic (exact) mass is 406 g/mol. The second-order valence-electron chi connectivity index (χ2n) is 6.42. The van der Waals surface area contributed by atoms with E-state index in [-0.39, 0.29) is 5.56 Å². The summed E-state index contributed by atoms with van der Waals surface area (Å²) >= 11 is 3.06. The molecule has 4 aromatic rings. The first-order valence-electron chi connectivity index (χ1n) is 8.76. The molecule has 4 rings (SSSR count). The van der Waals surface area contributed by atoms with Crippen LogP contribution in [0.3, 0.4) is 0 Å². The summed E-state index contributed by atoms with van der Waals surface area (Å²) < 4.78 is 2.20. The summed E-state index contributed by atoms with van der Waals surface area (Å²) in [4.78, 5) is 21.6. The zero-order valence-corrected chi connectivity index (χ0v) is 17.1. The van der Waals surface area contributed by atoms with Crippen molar-refractivity contribution in [2.45, 2.75) is 23.9 Å². The first-order chi connectivity index (χ1) is 13.6. The number of pyridine rings is 1. The Hall–Kier alpha value is -2.77. The Kier molecular flexibility index (Phi) is 5.36. The number of aromatic nitrogens is 4. The Bertz CT molecular complexity index is 1210. The van der Waals surface area contributed by atoms with Crippen LogP contribution in [0.2, 0.25) is 0 Å². The molecule has 0 radical (unpaired) electrons. The Morgan fingerprint density at radius 3 is 2.89 bits per heavy atom. The van der Waals surface area contributed by atoms with Crippen molar-refractivity contribution >= 4 is 40.2 Å². The molecule has 0 aliphatic heterocycles. The fourth-order valence-corrected chi connectivity index (χ4v) is 4.72. The molecule has 0 bridgehead atoms. The molecular weight excluding hydrogens is 388 g/mol. The lowest BCUT2D eigenvalue weighted by atomic mass is 10.1. The van der Waals surface area contributed by atoms with E-state index in [1.165, 1.54) is 38.6 Å². The normalized spacial score (nSPS) is 11.5. The van der Waals surface area contributed by atoms with Gasteiger partial charge in [0.15, 0.2) is 4.34 Å². The molecule has 0 amide bonds. The topological polar surface area (TPSA) is 60.2 Å². The maximum Gasteiger partial charge on any atom is 0.275 e. The van der Waals surface area contributed by atoms with Crippen molar-refractivity contribution in [3.05, 3.63) is 87.1 Å². The van der Waals surface area contributed by atoms with E-state index in [2.05, 4.69) is 47.1 Å². The second kappa shape index (κ2) is 8.08. The van der Waals surface area contributed by atoms with Crippen LogP contribution in [0.15, 0.2) is 57.9 Å². The molecule has 140 valence electrons. The van der Waals surface area contributed by atoms with Gasteiger partial charge in [0.05, 0.1) is 5.69 Å². The van der Waals surface area contributed by atoms with Crippen LogP contribution < -0.4 is 5.56 Å². The third-order valence-electron chi connectivity index (χ3n) is 4.23. The fourth-order valence-electron chi connectivity index (χ4n) is 2.71. The standard InChI is InChI=1S/C21H18N4OS2/c1-14-5-6-15(2)17(10-14)13-27-21-24-25-19(26)11-18(23-20(25)28-21)8-7-16-4-3-9-22-12-16/h3-12H,13H2,1-2H3. The molecule has 3 heterocycles. The largest absolute Gasteiger partial charge is 0.275 e. The Balaban J connectivity index is 1.57. The van der Waals surface area contributed by atoms with Gasteiger partial charge < -0.3 is 0 Å². The van der Waals surface area contributed by atoms with Crippen LogP contribution >= 0.6 is 23.1 Å². The summed E-state index contributed by atoms with van der Waals surface area (Å²) in [5, 5.41) is 4.43. The Labute approximate surface area is 170 Å². The molecule has 0 aliphatic rings. The third kappa shape index (κ3) is 4.21. The van der Waals surface area contributed by atoms with Gasteiger partial charge in [0.25, 0.3) is 5.56 Å². The van der Waals surface area contributed by atoms with E-state index in [1.807, 2.05) is 24.3 Å². The summed E-state index contributed by atoms with van der Waals surface area (Å²) in [6.07, 6.45) is 7.20. The summed E-state index contributed by atoms with van der Waals surface area (Å²) in [7, 11) is 0. The van der Waals surface area contributed by atoms with E-state index in [0.29, 0.717) is 10.7 Å². The van der Waals surface area contributed by atoms with E-state index in [0.717, 1.165) is 15.7 Å². The van der Waals surface area contributed by atoms with Crippen molar-refractivity contribution in [1.29, 1.82) is 0 Å². The summed E-state index contributed by atoms with van der Waals surface area (Å²) in [5.41, 5.74) is 5.18. The number of benzene rings is 1. The summed E-state index contributed by atoms with van der Waals surface area (Å²) in [6.45, 7) is 4.20. The van der Waals surface area contributed by atoms with Crippen molar-refractivity contribution < 1.29 is 0 Å². The van der Waals surface area contributed by atoms with Crippen LogP contribution in [0.4, 0.5) is 0 Å². The highest BCUT2D eigenvalue weighted by Gasteiger charge is 2.10. The molecule has 0 aliphatic carbocycles. The first-order valence-corrected chi connectivity index (χ1v) is 10.6. The van der Waals surface area contributed by atoms with Crippen LogP contribution in [-0.2, 0) is 5.75 Å². The molecule has 0 atom stereocenters. The van der Waals surface area contributed by atoms with Gasteiger partial charge in [-0.05, 0) is 42.7 Å². The number of thioether (sulfide) groups is 1. The second-order valence-corrected chi connectivity index (χ2v) is 8.60. The predicted molar refractivity (Wildman–Crippen MR) is 116 cm³/mol. The molecule has 0 unspecified atom stereocenters. The van der Waals surface area contributed by atoms with Gasteiger partial charge >= 0.3 is 0 Å². The molecule has 7 heteroatoms. The summed E-state index contributed by atoms with van der Waals surface area (Å²) in [5.74, 6) is 0.815.